The molecule has 3 atom stereocenters. The fourth-order valence-corrected chi connectivity index (χ4v) is 4.44. The lowest BCUT2D eigenvalue weighted by Gasteiger charge is -2.32. The lowest BCUT2D eigenvalue weighted by Crippen LogP contribution is -2.44. The van der Waals surface area contributed by atoms with Crippen LogP contribution in [-0.4, -0.2) is 64.4 Å². The van der Waals surface area contributed by atoms with Crippen LogP contribution in [0.5, 0.6) is 0 Å². The molecule has 1 amide bonds. The Labute approximate surface area is 198 Å². The Bertz CT molecular complexity index is 1040. The van der Waals surface area contributed by atoms with Gasteiger partial charge in [0, 0.05) is 31.5 Å². The second-order valence-corrected chi connectivity index (χ2v) is 8.68. The molecule has 1 aromatic heterocycles. The van der Waals surface area contributed by atoms with Crippen LogP contribution in [0.15, 0.2) is 24.4 Å². The zero-order valence-electron chi connectivity index (χ0n) is 18.8. The van der Waals surface area contributed by atoms with Crippen LogP contribution in [0.4, 0.5) is 26.7 Å². The molecule has 3 unspecified atom stereocenters. The molecule has 3 heterocycles. The van der Waals surface area contributed by atoms with Gasteiger partial charge in [-0.05, 0) is 43.9 Å². The van der Waals surface area contributed by atoms with Crippen molar-refractivity contribution in [2.45, 2.75) is 56.8 Å². The molecule has 1 aromatic carbocycles. The number of alkyl halides is 4. The van der Waals surface area contributed by atoms with Gasteiger partial charge in [-0.3, -0.25) is 0 Å². The van der Waals surface area contributed by atoms with E-state index in [4.69, 9.17) is 14.6 Å². The Morgan fingerprint density at radius 3 is 2.71 bits per heavy atom. The van der Waals surface area contributed by atoms with Crippen LogP contribution < -0.4 is 0 Å². The van der Waals surface area contributed by atoms with Gasteiger partial charge in [-0.1, -0.05) is 0 Å². The van der Waals surface area contributed by atoms with E-state index in [0.29, 0.717) is 12.7 Å². The molecule has 2 aliphatic heterocycles. The summed E-state index contributed by atoms with van der Waals surface area (Å²) in [5, 5.41) is 9.16. The van der Waals surface area contributed by atoms with E-state index in [9.17, 15) is 22.4 Å². The topological polar surface area (TPSA) is 76.8 Å². The first-order chi connectivity index (χ1) is 16.6. The van der Waals surface area contributed by atoms with E-state index in [2.05, 4.69) is 4.98 Å². The number of hydrogen-bond acceptors (Lipinski definition) is 4. The minimum atomic E-state index is -4.88. The van der Waals surface area contributed by atoms with Crippen molar-refractivity contribution in [1.82, 2.24) is 14.5 Å². The number of piperidine rings is 1. The summed E-state index contributed by atoms with van der Waals surface area (Å²) in [4.78, 5) is 16.6. The van der Waals surface area contributed by atoms with Crippen LogP contribution in [0.25, 0.3) is 11.3 Å². The number of carboxylic acid groups (broad SMARTS) is 1. The van der Waals surface area contributed by atoms with Crippen LogP contribution >= 0.6 is 0 Å². The summed E-state index contributed by atoms with van der Waals surface area (Å²) < 4.78 is 81.3. The molecule has 12 heteroatoms. The third-order valence-corrected chi connectivity index (χ3v) is 6.29. The van der Waals surface area contributed by atoms with E-state index in [1.165, 1.54) is 12.3 Å². The summed E-state index contributed by atoms with van der Waals surface area (Å²) in [6, 6.07) is 2.59. The number of hydrogen-bond donors (Lipinski definition) is 1. The summed E-state index contributed by atoms with van der Waals surface area (Å²) >= 11 is 0. The smallest absolute Gasteiger partial charge is 0.419 e. The average molecular weight is 503 g/mol. The largest absolute Gasteiger partial charge is 0.465 e. The minimum absolute atomic E-state index is 0.0358. The first kappa shape index (κ1) is 25.4. The van der Waals surface area contributed by atoms with Crippen molar-refractivity contribution >= 4 is 6.09 Å². The Balaban J connectivity index is 1.60. The minimum Gasteiger partial charge on any atom is -0.465 e. The van der Waals surface area contributed by atoms with Crippen molar-refractivity contribution in [3.8, 4) is 11.3 Å². The number of aromatic nitrogens is 2. The van der Waals surface area contributed by atoms with Crippen molar-refractivity contribution in [3.05, 3.63) is 41.6 Å². The van der Waals surface area contributed by atoms with Gasteiger partial charge in [0.25, 0.3) is 0 Å². The number of carbonyl (C=O) groups is 1. The predicted molar refractivity (Wildman–Crippen MR) is 114 cm³/mol. The van der Waals surface area contributed by atoms with Gasteiger partial charge < -0.3 is 24.0 Å². The quantitative estimate of drug-likeness (QED) is 0.558. The summed E-state index contributed by atoms with van der Waals surface area (Å²) in [7, 11) is 0. The molecule has 2 saturated heterocycles. The van der Waals surface area contributed by atoms with Crippen molar-refractivity contribution in [3.63, 3.8) is 0 Å². The van der Waals surface area contributed by atoms with Crippen molar-refractivity contribution in [1.29, 1.82) is 0 Å². The maximum atomic E-state index is 15.0. The van der Waals surface area contributed by atoms with Crippen molar-refractivity contribution < 1.29 is 41.3 Å². The fourth-order valence-electron chi connectivity index (χ4n) is 4.44. The molecular weight excluding hydrogens is 477 g/mol. The zero-order chi connectivity index (χ0) is 25.2. The van der Waals surface area contributed by atoms with Gasteiger partial charge in [0.05, 0.1) is 30.3 Å². The first-order valence-corrected chi connectivity index (χ1v) is 11.4. The van der Waals surface area contributed by atoms with Gasteiger partial charge in [0.1, 0.15) is 17.8 Å². The Morgan fingerprint density at radius 2 is 2.06 bits per heavy atom. The van der Waals surface area contributed by atoms with Crippen LogP contribution in [0.1, 0.15) is 43.0 Å². The Kier molecular flexibility index (Phi) is 7.60. The van der Waals surface area contributed by atoms with E-state index in [-0.39, 0.29) is 56.0 Å². The van der Waals surface area contributed by atoms with Gasteiger partial charge in [-0.15, -0.1) is 0 Å². The highest BCUT2D eigenvalue weighted by atomic mass is 19.4. The van der Waals surface area contributed by atoms with Crippen LogP contribution in [0.3, 0.4) is 0 Å². The normalized spacial score (nSPS) is 23.5. The Morgan fingerprint density at radius 1 is 1.26 bits per heavy atom. The lowest BCUT2D eigenvalue weighted by molar-refractivity contribution is -0.163. The standard InChI is InChI=1S/C23H26F5N3O4/c24-17-5-4-14(11-16(17)23(26,27)28)19-13-30(8-10-35-20-3-1-2-9-34-20)21(29-19)15-6-7-31(22(32)33)12-18(15)25/h4-5,11,13,15,18,20H,1-3,6-10,12H2,(H,32,33). The highest BCUT2D eigenvalue weighted by molar-refractivity contribution is 5.65. The highest BCUT2D eigenvalue weighted by Crippen LogP contribution is 2.36. The Hall–Kier alpha value is -2.73. The fraction of sp³-hybridized carbons (Fsp3) is 0.565. The van der Waals surface area contributed by atoms with E-state index in [0.717, 1.165) is 30.2 Å². The number of rotatable bonds is 6. The number of ether oxygens (including phenoxy) is 2. The molecule has 0 aliphatic carbocycles. The predicted octanol–water partition coefficient (Wildman–Crippen LogP) is 5.06. The monoisotopic (exact) mass is 503 g/mol. The number of halogens is 5. The van der Waals surface area contributed by atoms with E-state index < -0.39 is 35.7 Å². The number of amides is 1. The molecular formula is C23H26F5N3O4. The van der Waals surface area contributed by atoms with E-state index in [1.807, 2.05) is 0 Å². The summed E-state index contributed by atoms with van der Waals surface area (Å²) in [5.41, 5.74) is -1.25. The average Bonchev–Trinajstić information content (AvgIpc) is 3.23. The number of benzene rings is 1. The molecule has 192 valence electrons. The maximum absolute atomic E-state index is 15.0. The van der Waals surface area contributed by atoms with Crippen molar-refractivity contribution in [2.75, 3.05) is 26.3 Å². The SMILES string of the molecule is O=C(O)N1CCC(c2nc(-c3ccc(F)c(C(F)(F)F)c3)cn2CCOC2CCCCO2)C(F)C1. The summed E-state index contributed by atoms with van der Waals surface area (Å²) in [5.74, 6) is -1.87. The summed E-state index contributed by atoms with van der Waals surface area (Å²) in [6.07, 6.45) is -3.67. The second-order valence-electron chi connectivity index (χ2n) is 8.68. The molecule has 0 bridgehead atoms. The lowest BCUT2D eigenvalue weighted by atomic mass is 9.94. The second kappa shape index (κ2) is 10.5. The molecule has 2 fully saturated rings. The third kappa shape index (κ3) is 5.92. The van der Waals surface area contributed by atoms with E-state index in [1.54, 1.807) is 4.57 Å². The van der Waals surface area contributed by atoms with Gasteiger partial charge >= 0.3 is 12.3 Å². The molecule has 35 heavy (non-hydrogen) atoms. The van der Waals surface area contributed by atoms with Crippen LogP contribution in [0.2, 0.25) is 0 Å². The molecule has 7 nitrogen and oxygen atoms in total. The molecule has 4 rings (SSSR count). The first-order valence-electron chi connectivity index (χ1n) is 11.4. The molecule has 0 radical (unpaired) electrons. The highest BCUT2D eigenvalue weighted by Gasteiger charge is 2.37. The molecule has 0 spiro atoms. The van der Waals surface area contributed by atoms with E-state index >= 15 is 4.39 Å². The number of nitrogens with zero attached hydrogens (tertiary/aromatic N) is 3. The summed E-state index contributed by atoms with van der Waals surface area (Å²) in [6.45, 7) is 0.813. The maximum Gasteiger partial charge on any atom is 0.419 e. The van der Waals surface area contributed by atoms with Crippen LogP contribution in [0, 0.1) is 5.82 Å². The third-order valence-electron chi connectivity index (χ3n) is 6.29. The molecule has 2 aliphatic rings. The number of likely N-dealkylation sites (tertiary alicyclic amines) is 1. The molecule has 1 N–H and O–H groups in total. The van der Waals surface area contributed by atoms with Crippen LogP contribution in [-0.2, 0) is 22.2 Å². The van der Waals surface area contributed by atoms with Gasteiger partial charge in [-0.2, -0.15) is 13.2 Å². The zero-order valence-corrected chi connectivity index (χ0v) is 18.8. The molecule has 0 saturated carbocycles. The number of imidazole rings is 1. The van der Waals surface area contributed by atoms with Crippen molar-refractivity contribution in [2.24, 2.45) is 0 Å². The van der Waals surface area contributed by atoms with Gasteiger partial charge in [-0.25, -0.2) is 18.6 Å². The van der Waals surface area contributed by atoms with Gasteiger partial charge in [0.15, 0.2) is 6.29 Å². The van der Waals surface area contributed by atoms with Gasteiger partial charge in [0.2, 0.25) is 0 Å². The molecule has 2 aromatic rings.